The van der Waals surface area contributed by atoms with E-state index in [0.29, 0.717) is 25.2 Å². The molecule has 3 N–H and O–H groups in total. The van der Waals surface area contributed by atoms with Crippen molar-refractivity contribution in [3.05, 3.63) is 45.9 Å². The first kappa shape index (κ1) is 20.4. The molecule has 1 aromatic carbocycles. The number of rotatable bonds is 9. The molecule has 24 heavy (non-hydrogen) atoms. The van der Waals surface area contributed by atoms with E-state index in [1.54, 1.807) is 5.38 Å². The van der Waals surface area contributed by atoms with Gasteiger partial charge in [-0.2, -0.15) is 0 Å². The quantitative estimate of drug-likeness (QED) is 0.665. The van der Waals surface area contributed by atoms with Gasteiger partial charge in [0, 0.05) is 18.3 Å². The Bertz CT molecular complexity index is 634. The maximum Gasteiger partial charge on any atom is 0.271 e. The number of nitrogens with zero attached hydrogens (tertiary/aromatic N) is 1. The van der Waals surface area contributed by atoms with Crippen molar-refractivity contribution in [3.63, 3.8) is 0 Å². The third-order valence-corrected chi connectivity index (χ3v) is 4.17. The summed E-state index contributed by atoms with van der Waals surface area (Å²) in [6, 6.07) is 7.79. The predicted molar refractivity (Wildman–Crippen MR) is 100 cm³/mol. The second-order valence-corrected chi connectivity index (χ2v) is 6.14. The minimum absolute atomic E-state index is 0. The second-order valence-electron chi connectivity index (χ2n) is 5.20. The van der Waals surface area contributed by atoms with Crippen molar-refractivity contribution in [3.8, 4) is 5.75 Å². The van der Waals surface area contributed by atoms with Gasteiger partial charge in [0.1, 0.15) is 11.4 Å². The first-order valence-corrected chi connectivity index (χ1v) is 8.75. The Morgan fingerprint density at radius 3 is 3.00 bits per heavy atom. The average Bonchev–Trinajstić information content (AvgIpc) is 3.02. The highest BCUT2D eigenvalue weighted by Gasteiger charge is 2.10. The highest BCUT2D eigenvalue weighted by atomic mass is 35.5. The van der Waals surface area contributed by atoms with Gasteiger partial charge in [0.05, 0.1) is 11.6 Å². The molecule has 0 aliphatic carbocycles. The van der Waals surface area contributed by atoms with Gasteiger partial charge in [-0.15, -0.1) is 23.7 Å². The predicted octanol–water partition coefficient (Wildman–Crippen LogP) is 3.18. The molecule has 0 saturated heterocycles. The van der Waals surface area contributed by atoms with Crippen molar-refractivity contribution in [2.75, 3.05) is 13.2 Å². The van der Waals surface area contributed by atoms with Crippen LogP contribution in [0.5, 0.6) is 5.75 Å². The van der Waals surface area contributed by atoms with Crippen LogP contribution in [0.2, 0.25) is 0 Å². The van der Waals surface area contributed by atoms with Crippen molar-refractivity contribution in [1.29, 1.82) is 0 Å². The van der Waals surface area contributed by atoms with Crippen LogP contribution in [0.15, 0.2) is 29.6 Å². The topological polar surface area (TPSA) is 77.2 Å². The van der Waals surface area contributed by atoms with Crippen LogP contribution < -0.4 is 15.8 Å². The molecule has 1 heterocycles. The molecule has 0 spiro atoms. The van der Waals surface area contributed by atoms with Crippen LogP contribution in [-0.4, -0.2) is 24.0 Å². The zero-order chi connectivity index (χ0) is 16.5. The Hall–Kier alpha value is -1.63. The van der Waals surface area contributed by atoms with Crippen molar-refractivity contribution in [2.45, 2.75) is 32.7 Å². The molecule has 0 unspecified atom stereocenters. The van der Waals surface area contributed by atoms with E-state index in [9.17, 15) is 4.79 Å². The van der Waals surface area contributed by atoms with Gasteiger partial charge >= 0.3 is 0 Å². The number of unbranched alkanes of at least 4 members (excludes halogenated alkanes) is 1. The molecule has 0 atom stereocenters. The lowest BCUT2D eigenvalue weighted by molar-refractivity contribution is 0.0946. The van der Waals surface area contributed by atoms with E-state index in [-0.39, 0.29) is 18.3 Å². The summed E-state index contributed by atoms with van der Waals surface area (Å²) in [5.74, 6) is 0.672. The number of aromatic nitrogens is 1. The fraction of sp³-hybridized carbons (Fsp3) is 0.412. The molecule has 132 valence electrons. The molecule has 0 bridgehead atoms. The van der Waals surface area contributed by atoms with Gasteiger partial charge < -0.3 is 15.8 Å². The Balaban J connectivity index is 0.00000288. The summed E-state index contributed by atoms with van der Waals surface area (Å²) in [5.41, 5.74) is 6.95. The van der Waals surface area contributed by atoms with Crippen molar-refractivity contribution < 1.29 is 9.53 Å². The highest BCUT2D eigenvalue weighted by molar-refractivity contribution is 7.09. The molecule has 0 aliphatic heterocycles. The number of nitrogens with two attached hydrogens (primary N) is 1. The number of halogens is 1. The zero-order valence-corrected chi connectivity index (χ0v) is 15.4. The largest absolute Gasteiger partial charge is 0.494 e. The van der Waals surface area contributed by atoms with E-state index in [2.05, 4.69) is 17.2 Å². The van der Waals surface area contributed by atoms with Gasteiger partial charge in [0.15, 0.2) is 0 Å². The molecular weight excluding hydrogens is 346 g/mol. The Kier molecular flexibility index (Phi) is 9.37. The summed E-state index contributed by atoms with van der Waals surface area (Å²) in [7, 11) is 0. The van der Waals surface area contributed by atoms with Crippen molar-refractivity contribution >= 4 is 29.7 Å². The summed E-state index contributed by atoms with van der Waals surface area (Å²) >= 11 is 1.47. The second kappa shape index (κ2) is 11.0. The average molecular weight is 370 g/mol. The molecule has 0 fully saturated rings. The van der Waals surface area contributed by atoms with Crippen LogP contribution in [0.3, 0.4) is 0 Å². The number of ether oxygens (including phenoxy) is 1. The van der Waals surface area contributed by atoms with Crippen LogP contribution >= 0.6 is 23.7 Å². The maximum atomic E-state index is 12.1. The summed E-state index contributed by atoms with van der Waals surface area (Å²) in [6.07, 6.45) is 2.85. The molecule has 1 aromatic heterocycles. The molecular formula is C17H24ClN3O2S. The molecule has 2 rings (SSSR count). The number of nitrogens with one attached hydrogen (secondary N) is 1. The van der Waals surface area contributed by atoms with Gasteiger partial charge in [-0.3, -0.25) is 4.79 Å². The molecule has 2 aromatic rings. The number of carbonyl (C=O) groups excluding carboxylic acids is 1. The van der Waals surface area contributed by atoms with E-state index in [1.807, 2.05) is 24.3 Å². The normalized spacial score (nSPS) is 10.1. The molecule has 1 amide bonds. The number of carbonyl (C=O) groups is 1. The first-order chi connectivity index (χ1) is 11.2. The van der Waals surface area contributed by atoms with E-state index in [4.69, 9.17) is 10.5 Å². The SMILES string of the molecule is CCCCOc1cccc(CNC(=O)c2csc(CCN)n2)c1.Cl. The van der Waals surface area contributed by atoms with E-state index >= 15 is 0 Å². The number of thiazole rings is 1. The van der Waals surface area contributed by atoms with Crippen LogP contribution in [0.1, 0.15) is 40.8 Å². The van der Waals surface area contributed by atoms with Crippen molar-refractivity contribution in [2.24, 2.45) is 5.73 Å². The smallest absolute Gasteiger partial charge is 0.271 e. The Labute approximate surface area is 153 Å². The molecule has 5 nitrogen and oxygen atoms in total. The minimum Gasteiger partial charge on any atom is -0.494 e. The summed E-state index contributed by atoms with van der Waals surface area (Å²) in [6.45, 7) is 3.84. The van der Waals surface area contributed by atoms with Crippen LogP contribution in [0.4, 0.5) is 0 Å². The highest BCUT2D eigenvalue weighted by Crippen LogP contribution is 2.14. The third kappa shape index (κ3) is 6.47. The first-order valence-electron chi connectivity index (χ1n) is 7.87. The molecule has 0 saturated carbocycles. The van der Waals surface area contributed by atoms with Crippen LogP contribution in [0, 0.1) is 0 Å². The third-order valence-electron chi connectivity index (χ3n) is 3.26. The number of hydrogen-bond acceptors (Lipinski definition) is 5. The van der Waals surface area contributed by atoms with E-state index in [0.717, 1.165) is 35.8 Å². The van der Waals surface area contributed by atoms with Gasteiger partial charge in [-0.05, 0) is 30.7 Å². The fourth-order valence-corrected chi connectivity index (χ4v) is 2.80. The van der Waals surface area contributed by atoms with Crippen LogP contribution in [0.25, 0.3) is 0 Å². The fourth-order valence-electron chi connectivity index (χ4n) is 2.01. The maximum absolute atomic E-state index is 12.1. The van der Waals surface area contributed by atoms with Crippen LogP contribution in [-0.2, 0) is 13.0 Å². The summed E-state index contributed by atoms with van der Waals surface area (Å²) in [5, 5.41) is 5.54. The van der Waals surface area contributed by atoms with Gasteiger partial charge in [-0.1, -0.05) is 25.5 Å². The zero-order valence-electron chi connectivity index (χ0n) is 13.8. The van der Waals surface area contributed by atoms with Crippen molar-refractivity contribution in [1.82, 2.24) is 10.3 Å². The standard InChI is InChI=1S/C17H23N3O2S.ClH/c1-2-3-9-22-14-6-4-5-13(10-14)11-19-17(21)15-12-23-16(20-15)7-8-18;/h4-6,10,12H,2-3,7-9,11,18H2,1H3,(H,19,21);1H. The summed E-state index contributed by atoms with van der Waals surface area (Å²) < 4.78 is 5.67. The van der Waals surface area contributed by atoms with E-state index < -0.39 is 0 Å². The van der Waals surface area contributed by atoms with Gasteiger partial charge in [0.2, 0.25) is 0 Å². The minimum atomic E-state index is -0.165. The molecule has 0 aliphatic rings. The lowest BCUT2D eigenvalue weighted by Gasteiger charge is -2.08. The number of hydrogen-bond donors (Lipinski definition) is 2. The Morgan fingerprint density at radius 1 is 1.42 bits per heavy atom. The molecule has 0 radical (unpaired) electrons. The van der Waals surface area contributed by atoms with Gasteiger partial charge in [0.25, 0.3) is 5.91 Å². The lowest BCUT2D eigenvalue weighted by Crippen LogP contribution is -2.23. The van der Waals surface area contributed by atoms with Gasteiger partial charge in [-0.25, -0.2) is 4.98 Å². The summed E-state index contributed by atoms with van der Waals surface area (Å²) in [4.78, 5) is 16.4. The number of benzene rings is 1. The number of amides is 1. The Morgan fingerprint density at radius 2 is 2.25 bits per heavy atom. The molecule has 7 heteroatoms. The van der Waals surface area contributed by atoms with E-state index in [1.165, 1.54) is 11.3 Å². The lowest BCUT2D eigenvalue weighted by atomic mass is 10.2. The monoisotopic (exact) mass is 369 g/mol.